The lowest BCUT2D eigenvalue weighted by atomic mass is 9.87. The Labute approximate surface area is 287 Å². The van der Waals surface area contributed by atoms with Gasteiger partial charge in [0, 0.05) is 26.4 Å². The SMILES string of the molecule is CC(=Nc1c(C)c2c(c3ccccc13)CCC=C2)c1ccccc1-c1cc(-c2ccc(-c3ccc(-c4ccccc4)s3)cc2)ccc1C. The lowest BCUT2D eigenvalue weighted by Crippen LogP contribution is -2.02. The van der Waals surface area contributed by atoms with Crippen molar-refractivity contribution in [3.8, 4) is 43.1 Å². The molecule has 0 amide bonds. The van der Waals surface area contributed by atoms with Gasteiger partial charge < -0.3 is 0 Å². The molecule has 0 aliphatic heterocycles. The summed E-state index contributed by atoms with van der Waals surface area (Å²) in [4.78, 5) is 7.98. The molecule has 48 heavy (non-hydrogen) atoms. The van der Waals surface area contributed by atoms with E-state index >= 15 is 0 Å². The maximum Gasteiger partial charge on any atom is 0.0746 e. The van der Waals surface area contributed by atoms with E-state index in [1.807, 2.05) is 11.3 Å². The number of rotatable bonds is 6. The molecule has 232 valence electrons. The highest BCUT2D eigenvalue weighted by Gasteiger charge is 2.18. The van der Waals surface area contributed by atoms with E-state index in [-0.39, 0.29) is 0 Å². The van der Waals surface area contributed by atoms with Crippen LogP contribution in [0.2, 0.25) is 0 Å². The van der Waals surface area contributed by atoms with E-state index in [4.69, 9.17) is 4.99 Å². The van der Waals surface area contributed by atoms with Crippen LogP contribution in [0.1, 0.15) is 41.2 Å². The first-order valence-corrected chi connectivity index (χ1v) is 17.6. The number of aryl methyl sites for hydroxylation is 2. The number of hydrogen-bond donors (Lipinski definition) is 0. The Morgan fingerprint density at radius 3 is 2.04 bits per heavy atom. The third-order valence-electron chi connectivity index (χ3n) is 9.73. The van der Waals surface area contributed by atoms with Crippen LogP contribution in [0.5, 0.6) is 0 Å². The lowest BCUT2D eigenvalue weighted by molar-refractivity contribution is 0.993. The van der Waals surface area contributed by atoms with Crippen LogP contribution in [0.15, 0.2) is 145 Å². The van der Waals surface area contributed by atoms with Gasteiger partial charge in [-0.1, -0.05) is 127 Å². The Morgan fingerprint density at radius 1 is 0.604 bits per heavy atom. The highest BCUT2D eigenvalue weighted by molar-refractivity contribution is 7.18. The van der Waals surface area contributed by atoms with Gasteiger partial charge in [0.25, 0.3) is 0 Å². The molecular weight excluding hydrogens is 599 g/mol. The van der Waals surface area contributed by atoms with Gasteiger partial charge in [0.1, 0.15) is 0 Å². The first-order valence-electron chi connectivity index (χ1n) is 16.8. The lowest BCUT2D eigenvalue weighted by Gasteiger charge is -2.20. The summed E-state index contributed by atoms with van der Waals surface area (Å²) in [5.41, 5.74) is 16.0. The van der Waals surface area contributed by atoms with Gasteiger partial charge in [0.2, 0.25) is 0 Å². The molecular formula is C46H37NS. The van der Waals surface area contributed by atoms with E-state index in [9.17, 15) is 0 Å². The fourth-order valence-corrected chi connectivity index (χ4v) is 8.17. The van der Waals surface area contributed by atoms with Crippen molar-refractivity contribution < 1.29 is 0 Å². The molecule has 0 spiro atoms. The van der Waals surface area contributed by atoms with Gasteiger partial charge in [-0.15, -0.1) is 11.3 Å². The molecule has 0 saturated heterocycles. The fourth-order valence-electron chi connectivity index (χ4n) is 7.15. The topological polar surface area (TPSA) is 12.4 Å². The van der Waals surface area contributed by atoms with Gasteiger partial charge in [-0.25, -0.2) is 0 Å². The van der Waals surface area contributed by atoms with Crippen LogP contribution in [0, 0.1) is 13.8 Å². The molecule has 1 nitrogen and oxygen atoms in total. The second-order valence-corrected chi connectivity index (χ2v) is 13.8. The summed E-state index contributed by atoms with van der Waals surface area (Å²) in [5, 5.41) is 2.56. The molecule has 6 aromatic carbocycles. The van der Waals surface area contributed by atoms with Gasteiger partial charge in [0.05, 0.1) is 5.69 Å². The van der Waals surface area contributed by atoms with Crippen molar-refractivity contribution in [3.05, 3.63) is 167 Å². The van der Waals surface area contributed by atoms with E-state index in [0.29, 0.717) is 0 Å². The van der Waals surface area contributed by atoms with Gasteiger partial charge in [-0.05, 0) is 113 Å². The van der Waals surface area contributed by atoms with Crippen LogP contribution in [-0.4, -0.2) is 5.71 Å². The Kier molecular flexibility index (Phi) is 7.96. The Balaban J connectivity index is 1.15. The third kappa shape index (κ3) is 5.53. The minimum absolute atomic E-state index is 1.03. The molecule has 2 heteroatoms. The monoisotopic (exact) mass is 635 g/mol. The van der Waals surface area contributed by atoms with Gasteiger partial charge >= 0.3 is 0 Å². The molecule has 0 radical (unpaired) electrons. The molecule has 7 aromatic rings. The second-order valence-electron chi connectivity index (χ2n) is 12.7. The fraction of sp³-hybridized carbons (Fsp3) is 0.109. The van der Waals surface area contributed by atoms with E-state index in [1.54, 1.807) is 0 Å². The number of thiophene rings is 1. The van der Waals surface area contributed by atoms with Crippen LogP contribution < -0.4 is 0 Å². The summed E-state index contributed by atoms with van der Waals surface area (Å²) in [5.74, 6) is 0. The smallest absolute Gasteiger partial charge is 0.0746 e. The molecule has 0 N–H and O–H groups in total. The number of benzene rings is 6. The number of nitrogens with zero attached hydrogens (tertiary/aromatic N) is 1. The van der Waals surface area contributed by atoms with Crippen LogP contribution in [-0.2, 0) is 6.42 Å². The summed E-state index contributed by atoms with van der Waals surface area (Å²) >= 11 is 1.84. The quantitative estimate of drug-likeness (QED) is 0.161. The zero-order valence-corrected chi connectivity index (χ0v) is 28.4. The van der Waals surface area contributed by atoms with Crippen molar-refractivity contribution in [1.29, 1.82) is 0 Å². The molecule has 1 heterocycles. The zero-order valence-electron chi connectivity index (χ0n) is 27.6. The molecule has 1 aliphatic rings. The first kappa shape index (κ1) is 30.1. The average molecular weight is 636 g/mol. The normalized spacial score (nSPS) is 12.8. The van der Waals surface area contributed by atoms with Gasteiger partial charge in [-0.3, -0.25) is 4.99 Å². The molecule has 1 aliphatic carbocycles. The Hall–Kier alpha value is -5.31. The number of aliphatic imine (C=N–C) groups is 1. The number of fused-ring (bicyclic) bond motifs is 3. The second kappa shape index (κ2) is 12.7. The summed E-state index contributed by atoms with van der Waals surface area (Å²) in [6, 6.07) is 48.4. The molecule has 0 fully saturated rings. The molecule has 0 atom stereocenters. The van der Waals surface area contributed by atoms with Crippen molar-refractivity contribution in [2.75, 3.05) is 0 Å². The van der Waals surface area contributed by atoms with E-state index < -0.39 is 0 Å². The maximum atomic E-state index is 5.40. The zero-order chi connectivity index (χ0) is 32.6. The highest BCUT2D eigenvalue weighted by Crippen LogP contribution is 2.40. The maximum absolute atomic E-state index is 5.40. The van der Waals surface area contributed by atoms with Crippen LogP contribution in [0.3, 0.4) is 0 Å². The predicted molar refractivity (Wildman–Crippen MR) is 209 cm³/mol. The Bertz CT molecular complexity index is 2350. The van der Waals surface area contributed by atoms with Crippen LogP contribution in [0.25, 0.3) is 60.0 Å². The van der Waals surface area contributed by atoms with Crippen molar-refractivity contribution in [1.82, 2.24) is 0 Å². The van der Waals surface area contributed by atoms with Crippen molar-refractivity contribution in [2.45, 2.75) is 33.6 Å². The van der Waals surface area contributed by atoms with E-state index in [0.717, 1.165) is 29.8 Å². The van der Waals surface area contributed by atoms with Crippen molar-refractivity contribution >= 4 is 39.6 Å². The van der Waals surface area contributed by atoms with E-state index in [1.165, 1.54) is 76.2 Å². The minimum atomic E-state index is 1.03. The summed E-state index contributed by atoms with van der Waals surface area (Å²) in [6.07, 6.45) is 6.78. The minimum Gasteiger partial charge on any atom is -0.252 e. The molecule has 1 aromatic heterocycles. The Morgan fingerprint density at radius 2 is 1.25 bits per heavy atom. The molecule has 0 unspecified atom stereocenters. The summed E-state index contributed by atoms with van der Waals surface area (Å²) < 4.78 is 0. The molecule has 0 bridgehead atoms. The van der Waals surface area contributed by atoms with E-state index in [2.05, 4.69) is 166 Å². The van der Waals surface area contributed by atoms with Crippen LogP contribution in [0.4, 0.5) is 5.69 Å². The van der Waals surface area contributed by atoms with Gasteiger partial charge in [0.15, 0.2) is 0 Å². The highest BCUT2D eigenvalue weighted by atomic mass is 32.1. The third-order valence-corrected chi connectivity index (χ3v) is 10.9. The summed E-state index contributed by atoms with van der Waals surface area (Å²) in [7, 11) is 0. The average Bonchev–Trinajstić information content (AvgIpc) is 3.65. The van der Waals surface area contributed by atoms with Gasteiger partial charge in [-0.2, -0.15) is 0 Å². The number of allylic oxidation sites excluding steroid dienone is 1. The molecule has 0 saturated carbocycles. The molecule has 8 rings (SSSR count). The predicted octanol–water partition coefficient (Wildman–Crippen LogP) is 13.3. The van der Waals surface area contributed by atoms with Crippen molar-refractivity contribution in [2.24, 2.45) is 4.99 Å². The first-order chi connectivity index (χ1) is 23.5. The largest absolute Gasteiger partial charge is 0.252 e. The standard InChI is InChI=1S/C46H37NS/c1-30-21-22-36(33-23-25-35(26-24-33)45-28-27-44(48-45)34-13-5-4-6-14-34)29-43(30)40-18-10-8-16-38(40)32(3)47-46-31(2)37-15-7-9-17-39(37)41-19-11-12-20-42(41)46/h4-8,10-16,18-29H,9,17H2,1-3H3. The number of hydrogen-bond acceptors (Lipinski definition) is 2. The van der Waals surface area contributed by atoms with Crippen LogP contribution >= 0.6 is 11.3 Å². The summed E-state index contributed by atoms with van der Waals surface area (Å²) in [6.45, 7) is 6.60. The van der Waals surface area contributed by atoms with Crippen molar-refractivity contribution in [3.63, 3.8) is 0 Å².